The maximum atomic E-state index is 10.1. The fraction of sp³-hybridized carbons (Fsp3) is 0.154. The quantitative estimate of drug-likeness (QED) is 0.834. The number of hydrogen-bond donors (Lipinski definition) is 1. The molecule has 5 heteroatoms. The highest BCUT2D eigenvalue weighted by molar-refractivity contribution is 9.10. The normalized spacial score (nSPS) is 12.4. The predicted molar refractivity (Wildman–Crippen MR) is 79.8 cm³/mol. The highest BCUT2D eigenvalue weighted by atomic mass is 79.9. The average molecular weight is 391 g/mol. The van der Waals surface area contributed by atoms with E-state index in [1.807, 2.05) is 24.3 Å². The van der Waals surface area contributed by atoms with Gasteiger partial charge in [-0.1, -0.05) is 17.7 Å². The van der Waals surface area contributed by atoms with Crippen LogP contribution >= 0.6 is 43.5 Å². The van der Waals surface area contributed by atoms with Gasteiger partial charge in [-0.15, -0.1) is 0 Å². The second-order valence-corrected chi connectivity index (χ2v) is 6.04. The van der Waals surface area contributed by atoms with E-state index in [-0.39, 0.29) is 0 Å². The number of pyridine rings is 1. The van der Waals surface area contributed by atoms with Crippen molar-refractivity contribution in [3.63, 3.8) is 0 Å². The Bertz CT molecular complexity index is 545. The molecule has 0 aliphatic rings. The zero-order valence-electron chi connectivity index (χ0n) is 9.28. The molecule has 0 aliphatic heterocycles. The van der Waals surface area contributed by atoms with E-state index in [4.69, 9.17) is 11.6 Å². The molecular formula is C13H10Br2ClNO. The Hall–Kier alpha value is -0.420. The van der Waals surface area contributed by atoms with E-state index in [1.54, 1.807) is 12.3 Å². The van der Waals surface area contributed by atoms with E-state index < -0.39 is 6.10 Å². The van der Waals surface area contributed by atoms with Crippen LogP contribution in [0, 0.1) is 0 Å². The third-order valence-corrected chi connectivity index (χ3v) is 4.20. The predicted octanol–water partition coefficient (Wildman–Crippen LogP) is 4.54. The minimum atomic E-state index is -0.591. The van der Waals surface area contributed by atoms with Gasteiger partial charge in [0.1, 0.15) is 0 Å². The van der Waals surface area contributed by atoms with Crippen molar-refractivity contribution in [3.05, 3.63) is 61.8 Å². The van der Waals surface area contributed by atoms with E-state index in [9.17, 15) is 5.11 Å². The number of halogens is 3. The smallest absolute Gasteiger partial charge is 0.0845 e. The summed E-state index contributed by atoms with van der Waals surface area (Å²) in [7, 11) is 0. The van der Waals surface area contributed by atoms with Crippen molar-refractivity contribution >= 4 is 43.5 Å². The Kier molecular flexibility index (Phi) is 4.78. The molecule has 0 aliphatic carbocycles. The molecular weight excluding hydrogens is 381 g/mol. The van der Waals surface area contributed by atoms with Crippen LogP contribution in [-0.2, 0) is 6.42 Å². The van der Waals surface area contributed by atoms with E-state index in [1.165, 1.54) is 0 Å². The first-order chi connectivity index (χ1) is 8.56. The molecule has 2 aromatic rings. The van der Waals surface area contributed by atoms with Gasteiger partial charge in [-0.2, -0.15) is 0 Å². The van der Waals surface area contributed by atoms with Gasteiger partial charge in [0.25, 0.3) is 0 Å². The molecule has 0 saturated heterocycles. The molecule has 94 valence electrons. The first-order valence-corrected chi connectivity index (χ1v) is 7.26. The van der Waals surface area contributed by atoms with Gasteiger partial charge >= 0.3 is 0 Å². The average Bonchev–Trinajstić information content (AvgIpc) is 2.35. The molecule has 2 rings (SSSR count). The summed E-state index contributed by atoms with van der Waals surface area (Å²) in [4.78, 5) is 4.24. The second-order valence-electron chi connectivity index (χ2n) is 3.86. The Morgan fingerprint density at radius 3 is 2.61 bits per heavy atom. The van der Waals surface area contributed by atoms with Crippen LogP contribution in [0.5, 0.6) is 0 Å². The first-order valence-electron chi connectivity index (χ1n) is 5.29. The van der Waals surface area contributed by atoms with Crippen LogP contribution in [0.1, 0.15) is 17.4 Å². The Labute approximate surface area is 127 Å². The molecule has 1 atom stereocenters. The summed E-state index contributed by atoms with van der Waals surface area (Å²) >= 11 is 12.6. The van der Waals surface area contributed by atoms with Crippen LogP contribution in [0.3, 0.4) is 0 Å². The Morgan fingerprint density at radius 1 is 1.22 bits per heavy atom. The molecule has 0 fully saturated rings. The van der Waals surface area contributed by atoms with Gasteiger partial charge in [-0.25, -0.2) is 0 Å². The van der Waals surface area contributed by atoms with Crippen molar-refractivity contribution in [2.24, 2.45) is 0 Å². The zero-order chi connectivity index (χ0) is 13.1. The molecule has 1 N–H and O–H groups in total. The van der Waals surface area contributed by atoms with E-state index in [0.717, 1.165) is 20.2 Å². The summed E-state index contributed by atoms with van der Waals surface area (Å²) in [6.07, 6.45) is 1.61. The summed E-state index contributed by atoms with van der Waals surface area (Å²) < 4.78 is 1.71. The number of aliphatic hydroxyl groups excluding tert-OH is 1. The molecule has 1 unspecified atom stereocenters. The van der Waals surface area contributed by atoms with Crippen LogP contribution < -0.4 is 0 Å². The summed E-state index contributed by atoms with van der Waals surface area (Å²) in [5, 5.41) is 10.8. The molecule has 1 aromatic carbocycles. The van der Waals surface area contributed by atoms with Gasteiger partial charge < -0.3 is 5.11 Å². The lowest BCUT2D eigenvalue weighted by Crippen LogP contribution is -2.03. The molecule has 0 radical (unpaired) electrons. The third kappa shape index (κ3) is 3.54. The number of rotatable bonds is 3. The van der Waals surface area contributed by atoms with Crippen LogP contribution in [0.15, 0.2) is 45.5 Å². The lowest BCUT2D eigenvalue weighted by atomic mass is 10.0. The lowest BCUT2D eigenvalue weighted by molar-refractivity contribution is 0.177. The van der Waals surface area contributed by atoms with Crippen molar-refractivity contribution in [2.45, 2.75) is 12.5 Å². The minimum Gasteiger partial charge on any atom is -0.388 e. The molecule has 0 amide bonds. The van der Waals surface area contributed by atoms with Gasteiger partial charge in [-0.3, -0.25) is 4.98 Å². The van der Waals surface area contributed by atoms with Crippen molar-refractivity contribution in [2.75, 3.05) is 0 Å². The number of nitrogens with zero attached hydrogens (tertiary/aromatic N) is 1. The fourth-order valence-corrected chi connectivity index (χ4v) is 2.31. The molecule has 0 saturated carbocycles. The van der Waals surface area contributed by atoms with Crippen LogP contribution in [0.2, 0.25) is 5.02 Å². The van der Waals surface area contributed by atoms with E-state index in [2.05, 4.69) is 36.8 Å². The van der Waals surface area contributed by atoms with Crippen molar-refractivity contribution in [1.29, 1.82) is 0 Å². The Morgan fingerprint density at radius 2 is 2.00 bits per heavy atom. The minimum absolute atomic E-state index is 0.474. The fourth-order valence-electron chi connectivity index (χ4n) is 1.56. The molecule has 18 heavy (non-hydrogen) atoms. The summed E-state index contributed by atoms with van der Waals surface area (Å²) in [6.45, 7) is 0. The van der Waals surface area contributed by atoms with Gasteiger partial charge in [-0.05, 0) is 61.7 Å². The van der Waals surface area contributed by atoms with E-state index in [0.29, 0.717) is 11.4 Å². The van der Waals surface area contributed by atoms with Crippen LogP contribution in [0.25, 0.3) is 0 Å². The maximum Gasteiger partial charge on any atom is 0.0845 e. The second kappa shape index (κ2) is 6.15. The molecule has 0 spiro atoms. The molecule has 1 heterocycles. The summed E-state index contributed by atoms with van der Waals surface area (Å²) in [6, 6.07) is 9.20. The number of benzene rings is 1. The molecule has 0 bridgehead atoms. The van der Waals surface area contributed by atoms with Crippen molar-refractivity contribution in [3.8, 4) is 0 Å². The van der Waals surface area contributed by atoms with Crippen LogP contribution in [-0.4, -0.2) is 10.1 Å². The number of aromatic nitrogens is 1. The third-order valence-electron chi connectivity index (χ3n) is 2.52. The molecule has 1 aromatic heterocycles. The first kappa shape index (κ1) is 14.0. The largest absolute Gasteiger partial charge is 0.388 e. The number of hydrogen-bond acceptors (Lipinski definition) is 2. The maximum absolute atomic E-state index is 10.1. The van der Waals surface area contributed by atoms with Gasteiger partial charge in [0, 0.05) is 27.3 Å². The SMILES string of the molecule is OC(Cc1ccc(Br)cn1)c1ccc(Cl)c(Br)c1. The zero-order valence-corrected chi connectivity index (χ0v) is 13.2. The summed E-state index contributed by atoms with van der Waals surface area (Å²) in [5.74, 6) is 0. The van der Waals surface area contributed by atoms with E-state index >= 15 is 0 Å². The number of aliphatic hydroxyl groups is 1. The van der Waals surface area contributed by atoms with Crippen molar-refractivity contribution in [1.82, 2.24) is 4.98 Å². The lowest BCUT2D eigenvalue weighted by Gasteiger charge is -2.11. The standard InChI is InChI=1S/C13H10Br2ClNO/c14-9-2-3-10(17-7-9)6-13(18)8-1-4-12(16)11(15)5-8/h1-5,7,13,18H,6H2. The highest BCUT2D eigenvalue weighted by Crippen LogP contribution is 2.27. The molecule has 2 nitrogen and oxygen atoms in total. The van der Waals surface area contributed by atoms with Gasteiger partial charge in [0.2, 0.25) is 0 Å². The monoisotopic (exact) mass is 389 g/mol. The van der Waals surface area contributed by atoms with Gasteiger partial charge in [0.05, 0.1) is 11.1 Å². The van der Waals surface area contributed by atoms with Crippen molar-refractivity contribution < 1.29 is 5.11 Å². The van der Waals surface area contributed by atoms with Crippen LogP contribution in [0.4, 0.5) is 0 Å². The van der Waals surface area contributed by atoms with Gasteiger partial charge in [0.15, 0.2) is 0 Å². The highest BCUT2D eigenvalue weighted by Gasteiger charge is 2.11. The topological polar surface area (TPSA) is 33.1 Å². The Balaban J connectivity index is 2.13. The summed E-state index contributed by atoms with van der Waals surface area (Å²) in [5.41, 5.74) is 1.66.